The van der Waals surface area contributed by atoms with Crippen LogP contribution in [-0.2, 0) is 6.61 Å². The van der Waals surface area contributed by atoms with Crippen LogP contribution in [0.2, 0.25) is 0 Å². The van der Waals surface area contributed by atoms with Crippen molar-refractivity contribution in [3.8, 4) is 5.75 Å². The molecular formula is C15H11BrO2. The van der Waals surface area contributed by atoms with Crippen LogP contribution in [0.1, 0.15) is 5.56 Å². The summed E-state index contributed by atoms with van der Waals surface area (Å²) >= 11 is 3.54. The molecule has 0 radical (unpaired) electrons. The first-order valence-electron chi connectivity index (χ1n) is 5.67. The number of furan rings is 1. The summed E-state index contributed by atoms with van der Waals surface area (Å²) in [6, 6.07) is 15.7. The lowest BCUT2D eigenvalue weighted by Crippen LogP contribution is -1.94. The Morgan fingerprint density at radius 1 is 1.00 bits per heavy atom. The SMILES string of the molecule is Brc1cccc2occ(COc3ccccc3)c12. The number of hydrogen-bond donors (Lipinski definition) is 0. The maximum Gasteiger partial charge on any atom is 0.135 e. The monoisotopic (exact) mass is 302 g/mol. The lowest BCUT2D eigenvalue weighted by molar-refractivity contribution is 0.306. The number of ether oxygens (including phenoxy) is 1. The molecule has 0 saturated carbocycles. The lowest BCUT2D eigenvalue weighted by atomic mass is 10.2. The molecule has 0 saturated heterocycles. The van der Waals surface area contributed by atoms with Gasteiger partial charge < -0.3 is 9.15 Å². The second kappa shape index (κ2) is 4.86. The van der Waals surface area contributed by atoms with Gasteiger partial charge in [-0.2, -0.15) is 0 Å². The minimum absolute atomic E-state index is 0.500. The zero-order chi connectivity index (χ0) is 12.4. The molecule has 18 heavy (non-hydrogen) atoms. The van der Waals surface area contributed by atoms with E-state index in [1.165, 1.54) is 0 Å². The van der Waals surface area contributed by atoms with Gasteiger partial charge in [-0.15, -0.1) is 0 Å². The van der Waals surface area contributed by atoms with Crippen molar-refractivity contribution in [3.05, 3.63) is 64.8 Å². The van der Waals surface area contributed by atoms with Crippen molar-refractivity contribution in [2.75, 3.05) is 0 Å². The fourth-order valence-corrected chi connectivity index (χ4v) is 2.49. The molecule has 0 spiro atoms. The number of benzene rings is 2. The van der Waals surface area contributed by atoms with Crippen molar-refractivity contribution in [1.29, 1.82) is 0 Å². The van der Waals surface area contributed by atoms with E-state index < -0.39 is 0 Å². The van der Waals surface area contributed by atoms with Crippen molar-refractivity contribution >= 4 is 26.9 Å². The second-order valence-electron chi connectivity index (χ2n) is 3.98. The Bertz CT molecular complexity index is 659. The Morgan fingerprint density at radius 3 is 2.67 bits per heavy atom. The molecule has 0 fully saturated rings. The van der Waals surface area contributed by atoms with Crippen LogP contribution in [-0.4, -0.2) is 0 Å². The predicted molar refractivity (Wildman–Crippen MR) is 74.7 cm³/mol. The summed E-state index contributed by atoms with van der Waals surface area (Å²) in [4.78, 5) is 0. The van der Waals surface area contributed by atoms with Crippen LogP contribution in [0, 0.1) is 0 Å². The first-order valence-corrected chi connectivity index (χ1v) is 6.46. The van der Waals surface area contributed by atoms with Crippen LogP contribution in [0.5, 0.6) is 5.75 Å². The van der Waals surface area contributed by atoms with Gasteiger partial charge in [-0.25, -0.2) is 0 Å². The molecule has 0 atom stereocenters. The first-order chi connectivity index (χ1) is 8.84. The third-order valence-electron chi connectivity index (χ3n) is 2.76. The molecule has 0 N–H and O–H groups in total. The summed E-state index contributed by atoms with van der Waals surface area (Å²) < 4.78 is 12.3. The smallest absolute Gasteiger partial charge is 0.135 e. The molecule has 0 amide bonds. The van der Waals surface area contributed by atoms with E-state index in [1.807, 2.05) is 48.5 Å². The number of halogens is 1. The van der Waals surface area contributed by atoms with Crippen LogP contribution in [0.4, 0.5) is 0 Å². The van der Waals surface area contributed by atoms with Gasteiger partial charge in [0.05, 0.1) is 6.26 Å². The van der Waals surface area contributed by atoms with Gasteiger partial charge in [-0.05, 0) is 24.3 Å². The fraction of sp³-hybridized carbons (Fsp3) is 0.0667. The molecule has 2 nitrogen and oxygen atoms in total. The van der Waals surface area contributed by atoms with Crippen LogP contribution in [0.3, 0.4) is 0 Å². The number of rotatable bonds is 3. The summed E-state index contributed by atoms with van der Waals surface area (Å²) in [7, 11) is 0. The quantitative estimate of drug-likeness (QED) is 0.695. The molecule has 0 aliphatic rings. The van der Waals surface area contributed by atoms with Crippen LogP contribution in [0.15, 0.2) is 63.7 Å². The van der Waals surface area contributed by atoms with E-state index in [0.717, 1.165) is 26.8 Å². The highest BCUT2D eigenvalue weighted by atomic mass is 79.9. The number of fused-ring (bicyclic) bond motifs is 1. The third kappa shape index (κ3) is 2.14. The molecule has 1 heterocycles. The summed E-state index contributed by atoms with van der Waals surface area (Å²) in [5.41, 5.74) is 1.91. The van der Waals surface area contributed by atoms with Gasteiger partial charge in [-0.1, -0.05) is 40.2 Å². The van der Waals surface area contributed by atoms with Crippen molar-refractivity contribution < 1.29 is 9.15 Å². The van der Waals surface area contributed by atoms with E-state index in [9.17, 15) is 0 Å². The average molecular weight is 303 g/mol. The van der Waals surface area contributed by atoms with Gasteiger partial charge in [0.15, 0.2) is 0 Å². The zero-order valence-corrected chi connectivity index (χ0v) is 11.2. The van der Waals surface area contributed by atoms with E-state index in [-0.39, 0.29) is 0 Å². The molecule has 3 heteroatoms. The van der Waals surface area contributed by atoms with Crippen molar-refractivity contribution in [3.63, 3.8) is 0 Å². The number of para-hydroxylation sites is 1. The minimum atomic E-state index is 0.500. The minimum Gasteiger partial charge on any atom is -0.489 e. The molecule has 3 aromatic rings. The molecule has 1 aromatic heterocycles. The van der Waals surface area contributed by atoms with Gasteiger partial charge in [0, 0.05) is 15.4 Å². The molecule has 0 unspecified atom stereocenters. The highest BCUT2D eigenvalue weighted by molar-refractivity contribution is 9.10. The molecule has 0 aliphatic carbocycles. The van der Waals surface area contributed by atoms with E-state index in [1.54, 1.807) is 6.26 Å². The van der Waals surface area contributed by atoms with E-state index in [0.29, 0.717) is 6.61 Å². The molecule has 0 bridgehead atoms. The largest absolute Gasteiger partial charge is 0.489 e. The predicted octanol–water partition coefficient (Wildman–Crippen LogP) is 4.77. The van der Waals surface area contributed by atoms with Crippen LogP contribution >= 0.6 is 15.9 Å². The molecule has 90 valence electrons. The average Bonchev–Trinajstić information content (AvgIpc) is 2.82. The Kier molecular flexibility index (Phi) is 3.07. The van der Waals surface area contributed by atoms with Crippen molar-refractivity contribution in [2.45, 2.75) is 6.61 Å². The third-order valence-corrected chi connectivity index (χ3v) is 3.42. The maximum atomic E-state index is 5.73. The van der Waals surface area contributed by atoms with Crippen LogP contribution < -0.4 is 4.74 Å². The number of hydrogen-bond acceptors (Lipinski definition) is 2. The summed E-state index contributed by atoms with van der Waals surface area (Å²) in [6.45, 7) is 0.500. The van der Waals surface area contributed by atoms with E-state index >= 15 is 0 Å². The van der Waals surface area contributed by atoms with E-state index in [2.05, 4.69) is 15.9 Å². The van der Waals surface area contributed by atoms with Gasteiger partial charge in [0.25, 0.3) is 0 Å². The fourth-order valence-electron chi connectivity index (χ4n) is 1.89. The Balaban J connectivity index is 1.87. The van der Waals surface area contributed by atoms with Gasteiger partial charge in [0.1, 0.15) is 17.9 Å². The molecular weight excluding hydrogens is 292 g/mol. The summed E-state index contributed by atoms with van der Waals surface area (Å²) in [5.74, 6) is 0.860. The van der Waals surface area contributed by atoms with Crippen molar-refractivity contribution in [2.24, 2.45) is 0 Å². The van der Waals surface area contributed by atoms with Gasteiger partial charge in [0.2, 0.25) is 0 Å². The topological polar surface area (TPSA) is 22.4 Å². The summed E-state index contributed by atoms with van der Waals surface area (Å²) in [5, 5.41) is 1.08. The van der Waals surface area contributed by atoms with Crippen LogP contribution in [0.25, 0.3) is 11.0 Å². The Labute approximate surface area is 113 Å². The maximum absolute atomic E-state index is 5.73. The molecule has 3 rings (SSSR count). The lowest BCUT2D eigenvalue weighted by Gasteiger charge is -2.04. The second-order valence-corrected chi connectivity index (χ2v) is 4.83. The standard InChI is InChI=1S/C15H11BrO2/c16-13-7-4-8-14-15(13)11(10-18-14)9-17-12-5-2-1-3-6-12/h1-8,10H,9H2. The van der Waals surface area contributed by atoms with Gasteiger partial charge in [-0.3, -0.25) is 0 Å². The normalized spacial score (nSPS) is 10.7. The van der Waals surface area contributed by atoms with E-state index in [4.69, 9.17) is 9.15 Å². The Hall–Kier alpha value is -1.74. The van der Waals surface area contributed by atoms with Gasteiger partial charge >= 0.3 is 0 Å². The highest BCUT2D eigenvalue weighted by Gasteiger charge is 2.09. The van der Waals surface area contributed by atoms with Crippen molar-refractivity contribution in [1.82, 2.24) is 0 Å². The highest BCUT2D eigenvalue weighted by Crippen LogP contribution is 2.29. The zero-order valence-electron chi connectivity index (χ0n) is 9.60. The Morgan fingerprint density at radius 2 is 1.83 bits per heavy atom. The molecule has 0 aliphatic heterocycles. The molecule has 2 aromatic carbocycles. The first kappa shape index (κ1) is 11.4. The summed E-state index contributed by atoms with van der Waals surface area (Å²) in [6.07, 6.45) is 1.75.